The molecule has 1 N–H and O–H groups in total. The van der Waals surface area contributed by atoms with Crippen LogP contribution in [0.15, 0.2) is 24.3 Å². The lowest BCUT2D eigenvalue weighted by Gasteiger charge is -2.29. The molecule has 0 bridgehead atoms. The molecule has 0 unspecified atom stereocenters. The first-order valence-corrected chi connectivity index (χ1v) is 15.1. The van der Waals surface area contributed by atoms with Crippen LogP contribution in [0.1, 0.15) is 84.2 Å². The zero-order valence-corrected chi connectivity index (χ0v) is 26.9. The molecule has 5 rings (SSSR count). The van der Waals surface area contributed by atoms with Gasteiger partial charge in [-0.25, -0.2) is 27.5 Å². The predicted molar refractivity (Wildman–Crippen MR) is 164 cm³/mol. The number of fused-ring (bicyclic) bond motifs is 2. The van der Waals surface area contributed by atoms with Gasteiger partial charge in [-0.3, -0.25) is 4.79 Å². The monoisotopic (exact) mass is 638 g/mol. The third-order valence-corrected chi connectivity index (χ3v) is 7.75. The maximum atomic E-state index is 16.1. The van der Waals surface area contributed by atoms with Crippen LogP contribution < -0.4 is 10.1 Å². The van der Waals surface area contributed by atoms with Gasteiger partial charge in [0, 0.05) is 28.9 Å². The standard InChI is InChI=1S/C34H37F3N4O5/c1-8-44-33(43)30(46-34(5,6)7)25-19(4)39-31-26(37)27(32(42)38-16-20-11-12-23(35)17(2)14-20)40-41(31)28(25)22-15-24(36)29-21(18(22)3)10-9-13-45-29/h11-12,14-15,30H,8-10,13,16H2,1-7H3,(H,38,42)/t30-/m0/s1. The van der Waals surface area contributed by atoms with Crippen molar-refractivity contribution < 1.29 is 37.0 Å². The Kier molecular flexibility index (Phi) is 9.12. The van der Waals surface area contributed by atoms with E-state index in [1.54, 1.807) is 54.5 Å². The molecule has 0 spiro atoms. The average molecular weight is 639 g/mol. The first-order chi connectivity index (χ1) is 21.7. The smallest absolute Gasteiger partial charge is 0.340 e. The topological polar surface area (TPSA) is 104 Å². The minimum Gasteiger partial charge on any atom is -0.490 e. The second-order valence-corrected chi connectivity index (χ2v) is 12.3. The number of carbonyl (C=O) groups excluding carboxylic acids is 2. The summed E-state index contributed by atoms with van der Waals surface area (Å²) in [6, 6.07) is 5.63. The van der Waals surface area contributed by atoms with E-state index in [9.17, 15) is 14.0 Å². The van der Waals surface area contributed by atoms with E-state index in [-0.39, 0.29) is 47.3 Å². The molecule has 1 aliphatic rings. The number of halogens is 3. The van der Waals surface area contributed by atoms with E-state index in [0.717, 1.165) is 4.52 Å². The number of ether oxygens (including phenoxy) is 3. The summed E-state index contributed by atoms with van der Waals surface area (Å²) in [5.41, 5.74) is 1.38. The fourth-order valence-electron chi connectivity index (χ4n) is 5.65. The number of aryl methyl sites for hydroxylation is 2. The Morgan fingerprint density at radius 3 is 2.52 bits per heavy atom. The van der Waals surface area contributed by atoms with Crippen LogP contribution in [-0.4, -0.2) is 45.3 Å². The molecular formula is C34H37F3N4O5. The Balaban J connectivity index is 1.74. The van der Waals surface area contributed by atoms with Crippen molar-refractivity contribution in [3.05, 3.63) is 80.9 Å². The summed E-state index contributed by atoms with van der Waals surface area (Å²) in [4.78, 5) is 31.2. The first-order valence-electron chi connectivity index (χ1n) is 15.1. The van der Waals surface area contributed by atoms with Crippen LogP contribution in [0.2, 0.25) is 0 Å². The quantitative estimate of drug-likeness (QED) is 0.222. The van der Waals surface area contributed by atoms with Gasteiger partial charge in [0.05, 0.1) is 24.5 Å². The second kappa shape index (κ2) is 12.7. The van der Waals surface area contributed by atoms with Gasteiger partial charge in [0.2, 0.25) is 5.82 Å². The van der Waals surface area contributed by atoms with Gasteiger partial charge in [-0.05, 0) is 90.1 Å². The summed E-state index contributed by atoms with van der Waals surface area (Å²) < 4.78 is 63.8. The highest BCUT2D eigenvalue weighted by Gasteiger charge is 2.37. The summed E-state index contributed by atoms with van der Waals surface area (Å²) in [7, 11) is 0. The molecular weight excluding hydrogens is 601 g/mol. The number of rotatable bonds is 8. The van der Waals surface area contributed by atoms with E-state index < -0.39 is 40.9 Å². The Hall–Kier alpha value is -4.45. The van der Waals surface area contributed by atoms with Gasteiger partial charge in [0.25, 0.3) is 5.91 Å². The van der Waals surface area contributed by atoms with Gasteiger partial charge < -0.3 is 19.5 Å². The van der Waals surface area contributed by atoms with Gasteiger partial charge in [0.15, 0.2) is 29.0 Å². The summed E-state index contributed by atoms with van der Waals surface area (Å²) in [5, 5.41) is 6.97. The van der Waals surface area contributed by atoms with E-state index in [1.807, 2.05) is 0 Å². The Bertz CT molecular complexity index is 1850. The van der Waals surface area contributed by atoms with Gasteiger partial charge in [-0.15, -0.1) is 0 Å². The van der Waals surface area contributed by atoms with Crippen molar-refractivity contribution in [2.45, 2.75) is 79.6 Å². The van der Waals surface area contributed by atoms with Crippen LogP contribution in [0.5, 0.6) is 5.75 Å². The van der Waals surface area contributed by atoms with Crippen molar-refractivity contribution in [3.8, 4) is 17.0 Å². The van der Waals surface area contributed by atoms with Crippen molar-refractivity contribution in [1.82, 2.24) is 19.9 Å². The number of hydrogen-bond acceptors (Lipinski definition) is 7. The third kappa shape index (κ3) is 6.31. The highest BCUT2D eigenvalue weighted by atomic mass is 19.1. The Morgan fingerprint density at radius 1 is 1.11 bits per heavy atom. The minimum atomic E-state index is -1.35. The highest BCUT2D eigenvalue weighted by Crippen LogP contribution is 2.42. The van der Waals surface area contributed by atoms with Crippen LogP contribution in [0, 0.1) is 38.2 Å². The summed E-state index contributed by atoms with van der Waals surface area (Å²) in [6.07, 6.45) is -0.146. The largest absolute Gasteiger partial charge is 0.490 e. The lowest BCUT2D eigenvalue weighted by atomic mass is 9.91. The first kappa shape index (κ1) is 32.9. The molecule has 244 valence electrons. The molecule has 0 radical (unpaired) electrons. The van der Waals surface area contributed by atoms with Gasteiger partial charge in [0.1, 0.15) is 5.82 Å². The predicted octanol–water partition coefficient (Wildman–Crippen LogP) is 6.41. The number of nitrogens with zero attached hydrogens (tertiary/aromatic N) is 3. The van der Waals surface area contributed by atoms with E-state index >= 15 is 8.78 Å². The molecule has 46 heavy (non-hydrogen) atoms. The second-order valence-electron chi connectivity index (χ2n) is 12.3. The Morgan fingerprint density at radius 2 is 1.85 bits per heavy atom. The molecule has 3 heterocycles. The van der Waals surface area contributed by atoms with Crippen LogP contribution in [0.25, 0.3) is 16.9 Å². The minimum absolute atomic E-state index is 0.0165. The number of amides is 1. The van der Waals surface area contributed by atoms with Crippen LogP contribution in [0.4, 0.5) is 13.2 Å². The number of esters is 1. The number of hydrogen-bond donors (Lipinski definition) is 1. The summed E-state index contributed by atoms with van der Waals surface area (Å²) in [5.74, 6) is -3.44. The van der Waals surface area contributed by atoms with Gasteiger partial charge >= 0.3 is 5.97 Å². The van der Waals surface area contributed by atoms with Crippen LogP contribution in [-0.2, 0) is 27.2 Å². The zero-order valence-electron chi connectivity index (χ0n) is 26.9. The molecule has 2 aromatic carbocycles. The maximum absolute atomic E-state index is 16.1. The lowest BCUT2D eigenvalue weighted by Crippen LogP contribution is -2.30. The molecule has 1 amide bonds. The van der Waals surface area contributed by atoms with Crippen LogP contribution >= 0.6 is 0 Å². The van der Waals surface area contributed by atoms with E-state index in [1.165, 1.54) is 18.2 Å². The van der Waals surface area contributed by atoms with Crippen molar-refractivity contribution >= 4 is 17.5 Å². The SMILES string of the molecule is CCOC(=O)[C@@H](OC(C)(C)C)c1c(C)nc2c(F)c(C(=O)NCc3ccc(F)c(C)c3)nn2c1-c1cc(F)c2c(c1C)CCCO2. The number of nitrogens with one attached hydrogen (secondary N) is 1. The average Bonchev–Trinajstić information content (AvgIpc) is 3.33. The van der Waals surface area contributed by atoms with Crippen molar-refractivity contribution in [3.63, 3.8) is 0 Å². The molecule has 1 aliphatic heterocycles. The molecule has 0 aliphatic carbocycles. The van der Waals surface area contributed by atoms with E-state index in [4.69, 9.17) is 14.2 Å². The van der Waals surface area contributed by atoms with Gasteiger partial charge in [-0.2, -0.15) is 5.10 Å². The Labute approximate surface area is 265 Å². The number of carbonyl (C=O) groups is 2. The summed E-state index contributed by atoms with van der Waals surface area (Å²) in [6.45, 7) is 12.3. The highest BCUT2D eigenvalue weighted by molar-refractivity contribution is 5.94. The lowest BCUT2D eigenvalue weighted by molar-refractivity contribution is -0.166. The summed E-state index contributed by atoms with van der Waals surface area (Å²) >= 11 is 0. The fourth-order valence-corrected chi connectivity index (χ4v) is 5.65. The molecule has 0 fully saturated rings. The van der Waals surface area contributed by atoms with Crippen molar-refractivity contribution in [1.29, 1.82) is 0 Å². The molecule has 1 atom stereocenters. The fraction of sp³-hybridized carbons (Fsp3) is 0.412. The zero-order chi connectivity index (χ0) is 33.5. The molecule has 0 saturated carbocycles. The van der Waals surface area contributed by atoms with Gasteiger partial charge in [-0.1, -0.05) is 12.1 Å². The molecule has 2 aromatic heterocycles. The number of aromatic nitrogens is 3. The molecule has 12 heteroatoms. The molecule has 4 aromatic rings. The molecule has 9 nitrogen and oxygen atoms in total. The number of benzene rings is 2. The van der Waals surface area contributed by atoms with E-state index in [0.29, 0.717) is 47.3 Å². The van der Waals surface area contributed by atoms with Crippen LogP contribution in [0.3, 0.4) is 0 Å². The van der Waals surface area contributed by atoms with Crippen molar-refractivity contribution in [2.75, 3.05) is 13.2 Å². The maximum Gasteiger partial charge on any atom is 0.340 e. The third-order valence-electron chi connectivity index (χ3n) is 7.75. The normalized spacial score (nSPS) is 13.7. The molecule has 0 saturated heterocycles. The van der Waals surface area contributed by atoms with Crippen molar-refractivity contribution in [2.24, 2.45) is 0 Å². The van der Waals surface area contributed by atoms with E-state index in [2.05, 4.69) is 15.4 Å².